The van der Waals surface area contributed by atoms with Gasteiger partial charge in [-0.2, -0.15) is 0 Å². The van der Waals surface area contributed by atoms with Gasteiger partial charge in [0.05, 0.1) is 12.9 Å². The van der Waals surface area contributed by atoms with Crippen molar-refractivity contribution < 1.29 is 20.1 Å². The fraction of sp³-hybridized carbons (Fsp3) is 0.615. The third-order valence-corrected chi connectivity index (χ3v) is 4.21. The second-order valence-corrected chi connectivity index (χ2v) is 5.78. The van der Waals surface area contributed by atoms with Crippen LogP contribution >= 0.6 is 0 Å². The van der Waals surface area contributed by atoms with Crippen molar-refractivity contribution in [1.29, 1.82) is 0 Å². The zero-order valence-corrected chi connectivity index (χ0v) is 11.6. The highest BCUT2D eigenvalue weighted by molar-refractivity contribution is 5.69. The lowest BCUT2D eigenvalue weighted by atomic mass is 10.1. The summed E-state index contributed by atoms with van der Waals surface area (Å²) in [6.07, 6.45) is -0.963. The molecule has 1 aliphatic carbocycles. The van der Waals surface area contributed by atoms with Crippen LogP contribution in [0, 0.1) is 0 Å². The Morgan fingerprint density at radius 3 is 2.77 bits per heavy atom. The molecular formula is C13H16N4O5. The smallest absolute Gasteiger partial charge is 0.279 e. The minimum atomic E-state index is -1.24. The zero-order chi connectivity index (χ0) is 15.4. The highest BCUT2D eigenvalue weighted by Crippen LogP contribution is 2.38. The van der Waals surface area contributed by atoms with Gasteiger partial charge in [-0.1, -0.05) is 0 Å². The van der Waals surface area contributed by atoms with Crippen molar-refractivity contribution in [2.45, 2.75) is 43.3 Å². The lowest BCUT2D eigenvalue weighted by Gasteiger charge is -2.16. The minimum Gasteiger partial charge on any atom is -0.394 e. The molecule has 2 aromatic heterocycles. The van der Waals surface area contributed by atoms with Gasteiger partial charge < -0.3 is 25.0 Å². The number of aromatic amines is 1. The third kappa shape index (κ3) is 1.97. The van der Waals surface area contributed by atoms with Crippen LogP contribution in [0.3, 0.4) is 0 Å². The summed E-state index contributed by atoms with van der Waals surface area (Å²) in [6.45, 7) is -0.414. The molecule has 118 valence electrons. The zero-order valence-electron chi connectivity index (χ0n) is 11.6. The quantitative estimate of drug-likeness (QED) is 0.548. The number of H-pyrrole nitrogens is 1. The molecule has 0 radical (unpaired) electrons. The Kier molecular flexibility index (Phi) is 3.05. The van der Waals surface area contributed by atoms with E-state index in [1.807, 2.05) is 0 Å². The molecule has 4 N–H and O–H groups in total. The first kappa shape index (κ1) is 13.8. The van der Waals surface area contributed by atoms with Crippen molar-refractivity contribution in [3.8, 4) is 0 Å². The van der Waals surface area contributed by atoms with Crippen molar-refractivity contribution in [3.05, 3.63) is 22.5 Å². The highest BCUT2D eigenvalue weighted by atomic mass is 16.6. The van der Waals surface area contributed by atoms with E-state index in [9.17, 15) is 15.0 Å². The van der Waals surface area contributed by atoms with Gasteiger partial charge in [0.25, 0.3) is 5.56 Å². The van der Waals surface area contributed by atoms with E-state index in [4.69, 9.17) is 9.84 Å². The molecule has 4 unspecified atom stereocenters. The Balaban J connectivity index is 1.80. The number of nitrogens with zero attached hydrogens (tertiary/aromatic N) is 3. The molecule has 0 bridgehead atoms. The Hall–Kier alpha value is -1.81. The first-order valence-electron chi connectivity index (χ1n) is 7.19. The summed E-state index contributed by atoms with van der Waals surface area (Å²) in [4.78, 5) is 23.2. The predicted octanol–water partition coefficient (Wildman–Crippen LogP) is -1.39. The van der Waals surface area contributed by atoms with Crippen molar-refractivity contribution in [2.24, 2.45) is 0 Å². The Morgan fingerprint density at radius 1 is 1.36 bits per heavy atom. The summed E-state index contributed by atoms with van der Waals surface area (Å²) >= 11 is 0. The second-order valence-electron chi connectivity index (χ2n) is 5.78. The Morgan fingerprint density at radius 2 is 2.14 bits per heavy atom. The summed E-state index contributed by atoms with van der Waals surface area (Å²) in [7, 11) is 0. The average Bonchev–Trinajstić information content (AvgIpc) is 3.22. The van der Waals surface area contributed by atoms with E-state index in [0.29, 0.717) is 11.5 Å². The Bertz CT molecular complexity index is 767. The number of aliphatic hydroxyl groups excluding tert-OH is 3. The van der Waals surface area contributed by atoms with Crippen LogP contribution in [-0.4, -0.2) is 59.8 Å². The summed E-state index contributed by atoms with van der Waals surface area (Å²) in [5, 5.41) is 29.1. The van der Waals surface area contributed by atoms with Crippen LogP contribution in [0.5, 0.6) is 0 Å². The molecule has 2 aliphatic rings. The Labute approximate surface area is 124 Å². The van der Waals surface area contributed by atoms with Crippen LogP contribution in [0.15, 0.2) is 11.1 Å². The number of aliphatic hydroxyl groups is 3. The van der Waals surface area contributed by atoms with Gasteiger partial charge in [0.2, 0.25) is 0 Å². The molecule has 0 aromatic carbocycles. The highest BCUT2D eigenvalue weighted by Gasteiger charge is 2.44. The molecule has 0 amide bonds. The maximum absolute atomic E-state index is 12.1. The number of hydrogen-bond acceptors (Lipinski definition) is 7. The number of aromatic nitrogens is 4. The van der Waals surface area contributed by atoms with E-state index in [2.05, 4.69) is 15.0 Å². The van der Waals surface area contributed by atoms with Crippen LogP contribution in [0.4, 0.5) is 0 Å². The molecule has 4 rings (SSSR count). The van der Waals surface area contributed by atoms with Crippen molar-refractivity contribution in [2.75, 3.05) is 6.61 Å². The van der Waals surface area contributed by atoms with E-state index in [0.717, 1.165) is 12.8 Å². The van der Waals surface area contributed by atoms with Gasteiger partial charge in [-0.3, -0.25) is 9.36 Å². The van der Waals surface area contributed by atoms with Crippen molar-refractivity contribution in [1.82, 2.24) is 19.5 Å². The van der Waals surface area contributed by atoms with Crippen LogP contribution in [0.1, 0.15) is 30.8 Å². The van der Waals surface area contributed by atoms with Gasteiger partial charge in [-0.25, -0.2) is 9.97 Å². The standard InChI is InChI=1S/C13H16N4O5/c18-3-6-8(19)9(20)13(22-6)17-4-14-7-11(17)15-10(5-1-2-5)16-12(7)21/h4-6,8-9,13,18-20H,1-3H2,(H,15,16,21). The van der Waals surface area contributed by atoms with E-state index in [1.54, 1.807) is 0 Å². The summed E-state index contributed by atoms with van der Waals surface area (Å²) in [5.41, 5.74) is 0.125. The van der Waals surface area contributed by atoms with Crippen LogP contribution in [-0.2, 0) is 4.74 Å². The second kappa shape index (κ2) is 4.85. The average molecular weight is 308 g/mol. The maximum atomic E-state index is 12.1. The van der Waals surface area contributed by atoms with Gasteiger partial charge in [0, 0.05) is 5.92 Å². The van der Waals surface area contributed by atoms with Gasteiger partial charge >= 0.3 is 0 Å². The van der Waals surface area contributed by atoms with Crippen molar-refractivity contribution in [3.63, 3.8) is 0 Å². The number of ether oxygens (including phenoxy) is 1. The van der Waals surface area contributed by atoms with E-state index < -0.39 is 31.1 Å². The molecule has 0 spiro atoms. The molecule has 22 heavy (non-hydrogen) atoms. The molecule has 1 saturated heterocycles. The first-order valence-corrected chi connectivity index (χ1v) is 7.19. The third-order valence-electron chi connectivity index (χ3n) is 4.21. The van der Waals surface area contributed by atoms with Gasteiger partial charge in [0.1, 0.15) is 24.1 Å². The SMILES string of the molecule is O=c1[nH]c(C2CC2)nc2c1ncn2C1OC(CO)C(O)C1O. The lowest BCUT2D eigenvalue weighted by molar-refractivity contribution is -0.0511. The number of nitrogens with one attached hydrogen (secondary N) is 1. The monoisotopic (exact) mass is 308 g/mol. The molecule has 1 saturated carbocycles. The fourth-order valence-electron chi connectivity index (χ4n) is 2.79. The molecule has 3 heterocycles. The van der Waals surface area contributed by atoms with Crippen molar-refractivity contribution >= 4 is 11.2 Å². The minimum absolute atomic E-state index is 0.155. The first-order chi connectivity index (χ1) is 10.6. The topological polar surface area (TPSA) is 133 Å². The molecular weight excluding hydrogens is 292 g/mol. The van der Waals surface area contributed by atoms with Crippen LogP contribution < -0.4 is 5.56 Å². The predicted molar refractivity (Wildman–Crippen MR) is 73.1 cm³/mol. The number of hydrogen-bond donors (Lipinski definition) is 4. The summed E-state index contributed by atoms with van der Waals surface area (Å²) in [6, 6.07) is 0. The van der Waals surface area contributed by atoms with Gasteiger partial charge in [-0.05, 0) is 12.8 Å². The molecule has 1 aliphatic heterocycles. The number of imidazole rings is 1. The largest absolute Gasteiger partial charge is 0.394 e. The summed E-state index contributed by atoms with van der Waals surface area (Å²) < 4.78 is 6.89. The molecule has 4 atom stereocenters. The normalized spacial score (nSPS) is 32.0. The van der Waals surface area contributed by atoms with Gasteiger partial charge in [0.15, 0.2) is 17.4 Å². The number of rotatable bonds is 3. The van der Waals surface area contributed by atoms with Gasteiger partial charge in [-0.15, -0.1) is 0 Å². The molecule has 2 fully saturated rings. The van der Waals surface area contributed by atoms with E-state index in [1.165, 1.54) is 10.9 Å². The van der Waals surface area contributed by atoms with Crippen LogP contribution in [0.2, 0.25) is 0 Å². The van der Waals surface area contributed by atoms with E-state index in [-0.39, 0.29) is 17.0 Å². The molecule has 9 heteroatoms. The fourth-order valence-corrected chi connectivity index (χ4v) is 2.79. The number of fused-ring (bicyclic) bond motifs is 1. The van der Waals surface area contributed by atoms with Crippen LogP contribution in [0.25, 0.3) is 11.2 Å². The van der Waals surface area contributed by atoms with E-state index >= 15 is 0 Å². The summed E-state index contributed by atoms with van der Waals surface area (Å²) in [5.74, 6) is 0.858. The molecule has 9 nitrogen and oxygen atoms in total. The lowest BCUT2D eigenvalue weighted by Crippen LogP contribution is -2.33. The maximum Gasteiger partial charge on any atom is 0.279 e. The molecule has 2 aromatic rings.